The molecule has 1 N–H and O–H groups in total. The van der Waals surface area contributed by atoms with Crippen molar-refractivity contribution in [3.8, 4) is 0 Å². The molecule has 8 heavy (non-hydrogen) atoms. The maximum Gasteiger partial charge on any atom is 0.147 e. The smallest absolute Gasteiger partial charge is 0.147 e. The van der Waals surface area contributed by atoms with Gasteiger partial charge >= 0.3 is 0 Å². The summed E-state index contributed by atoms with van der Waals surface area (Å²) in [4.78, 5) is 0. The zero-order valence-corrected chi connectivity index (χ0v) is 4.60. The lowest BCUT2D eigenvalue weighted by atomic mass is 10.2. The highest BCUT2D eigenvalue weighted by Crippen LogP contribution is 2.25. The Bertz CT molecular complexity index is 111. The Hall–Kier alpha value is -0.370. The first kappa shape index (κ1) is 5.76. The summed E-state index contributed by atoms with van der Waals surface area (Å²) in [5.74, 6) is 0. The van der Waals surface area contributed by atoms with Crippen molar-refractivity contribution in [2.45, 2.75) is 25.1 Å². The quantitative estimate of drug-likeness (QED) is 0.469. The Kier molecular flexibility index (Phi) is 1.34. The molecule has 0 radical (unpaired) electrons. The predicted octanol–water partition coefficient (Wildman–Crippen LogP) is 1.04. The van der Waals surface area contributed by atoms with E-state index in [1.807, 2.05) is 0 Å². The third-order valence-corrected chi connectivity index (χ3v) is 1.49. The summed E-state index contributed by atoms with van der Waals surface area (Å²) in [5.41, 5.74) is 0.539. The van der Waals surface area contributed by atoms with E-state index in [9.17, 15) is 4.39 Å². The minimum absolute atomic E-state index is 0.539. The molecule has 1 aliphatic carbocycles. The van der Waals surface area contributed by atoms with Crippen LogP contribution in [-0.4, -0.2) is 17.4 Å². The molecular weight excluding hydrogens is 107 g/mol. The van der Waals surface area contributed by atoms with Crippen molar-refractivity contribution >= 4 is 0 Å². The number of halogens is 1. The van der Waals surface area contributed by atoms with Gasteiger partial charge in [-0.15, -0.1) is 0 Å². The van der Waals surface area contributed by atoms with Crippen LogP contribution in [0.5, 0.6) is 0 Å². The molecule has 1 saturated carbocycles. The van der Waals surface area contributed by atoms with Gasteiger partial charge in [0.1, 0.15) is 6.17 Å². The second-order valence-corrected chi connectivity index (χ2v) is 2.17. The van der Waals surface area contributed by atoms with Gasteiger partial charge in [0, 0.05) is 0 Å². The highest BCUT2D eigenvalue weighted by atomic mass is 19.1. The fourth-order valence-electron chi connectivity index (χ4n) is 0.890. The van der Waals surface area contributed by atoms with Gasteiger partial charge < -0.3 is 5.11 Å². The first-order valence-corrected chi connectivity index (χ1v) is 2.71. The SMILES string of the molecule is C=C1CCC(O)C1F. The van der Waals surface area contributed by atoms with E-state index in [2.05, 4.69) is 6.58 Å². The predicted molar refractivity (Wildman–Crippen MR) is 29.3 cm³/mol. The van der Waals surface area contributed by atoms with Crippen LogP contribution in [0.15, 0.2) is 12.2 Å². The van der Waals surface area contributed by atoms with Crippen LogP contribution >= 0.6 is 0 Å². The highest BCUT2D eigenvalue weighted by Gasteiger charge is 2.27. The van der Waals surface area contributed by atoms with Crippen molar-refractivity contribution in [2.75, 3.05) is 0 Å². The zero-order chi connectivity index (χ0) is 6.15. The lowest BCUT2D eigenvalue weighted by Gasteiger charge is -2.02. The molecule has 2 heteroatoms. The Balaban J connectivity index is 2.56. The van der Waals surface area contributed by atoms with E-state index < -0.39 is 12.3 Å². The van der Waals surface area contributed by atoms with E-state index in [-0.39, 0.29) is 0 Å². The van der Waals surface area contributed by atoms with Gasteiger partial charge in [0.25, 0.3) is 0 Å². The second-order valence-electron chi connectivity index (χ2n) is 2.17. The number of hydrogen-bond donors (Lipinski definition) is 1. The number of hydrogen-bond acceptors (Lipinski definition) is 1. The summed E-state index contributed by atoms with van der Waals surface area (Å²) in [6.45, 7) is 3.45. The molecule has 0 aromatic heterocycles. The van der Waals surface area contributed by atoms with E-state index in [1.165, 1.54) is 0 Å². The molecule has 0 amide bonds. The monoisotopic (exact) mass is 116 g/mol. The van der Waals surface area contributed by atoms with Crippen LogP contribution in [0.3, 0.4) is 0 Å². The molecule has 1 rings (SSSR count). The van der Waals surface area contributed by atoms with Gasteiger partial charge in [0.15, 0.2) is 0 Å². The molecule has 0 aromatic rings. The minimum Gasteiger partial charge on any atom is -0.390 e. The molecule has 0 bridgehead atoms. The molecule has 46 valence electrons. The second kappa shape index (κ2) is 1.86. The zero-order valence-electron chi connectivity index (χ0n) is 4.60. The first-order valence-electron chi connectivity index (χ1n) is 2.71. The van der Waals surface area contributed by atoms with Crippen LogP contribution in [-0.2, 0) is 0 Å². The molecule has 2 atom stereocenters. The third kappa shape index (κ3) is 0.757. The molecular formula is C6H9FO. The van der Waals surface area contributed by atoms with Crippen molar-refractivity contribution in [3.05, 3.63) is 12.2 Å². The summed E-state index contributed by atoms with van der Waals surface area (Å²) in [5, 5.41) is 8.73. The van der Waals surface area contributed by atoms with E-state index in [0.29, 0.717) is 18.4 Å². The summed E-state index contributed by atoms with van der Waals surface area (Å²) in [7, 11) is 0. The molecule has 0 heterocycles. The fraction of sp³-hybridized carbons (Fsp3) is 0.667. The molecule has 0 aliphatic heterocycles. The highest BCUT2D eigenvalue weighted by molar-refractivity contribution is 5.10. The van der Waals surface area contributed by atoms with Crippen LogP contribution in [0.25, 0.3) is 0 Å². The van der Waals surface area contributed by atoms with Gasteiger partial charge in [-0.1, -0.05) is 6.58 Å². The van der Waals surface area contributed by atoms with Crippen LogP contribution in [0.1, 0.15) is 12.8 Å². The van der Waals surface area contributed by atoms with Crippen LogP contribution in [0.2, 0.25) is 0 Å². The standard InChI is InChI=1S/C6H9FO/c1-4-2-3-5(8)6(4)7/h5-6,8H,1-3H2. The lowest BCUT2D eigenvalue weighted by Crippen LogP contribution is -2.13. The van der Waals surface area contributed by atoms with Crippen LogP contribution in [0.4, 0.5) is 4.39 Å². The third-order valence-electron chi connectivity index (χ3n) is 1.49. The molecule has 1 fully saturated rings. The van der Waals surface area contributed by atoms with E-state index in [1.54, 1.807) is 0 Å². The summed E-state index contributed by atoms with van der Waals surface area (Å²) in [6, 6.07) is 0. The summed E-state index contributed by atoms with van der Waals surface area (Å²) < 4.78 is 12.4. The normalized spacial score (nSPS) is 38.5. The van der Waals surface area contributed by atoms with Crippen molar-refractivity contribution in [3.63, 3.8) is 0 Å². The summed E-state index contributed by atoms with van der Waals surface area (Å²) in [6.07, 6.45) is -0.750. The molecule has 1 aliphatic rings. The molecule has 0 spiro atoms. The fourth-order valence-corrected chi connectivity index (χ4v) is 0.890. The van der Waals surface area contributed by atoms with Gasteiger partial charge in [0.2, 0.25) is 0 Å². The Labute approximate surface area is 47.8 Å². The molecule has 1 nitrogen and oxygen atoms in total. The van der Waals surface area contributed by atoms with Gasteiger partial charge in [-0.3, -0.25) is 0 Å². The van der Waals surface area contributed by atoms with Crippen molar-refractivity contribution < 1.29 is 9.50 Å². The number of alkyl halides is 1. The number of aliphatic hydroxyl groups excluding tert-OH is 1. The average Bonchev–Trinajstić information content (AvgIpc) is 1.98. The van der Waals surface area contributed by atoms with Crippen molar-refractivity contribution in [1.29, 1.82) is 0 Å². The first-order chi connectivity index (χ1) is 3.72. The average molecular weight is 116 g/mol. The van der Waals surface area contributed by atoms with E-state index >= 15 is 0 Å². The Morgan fingerprint density at radius 3 is 2.50 bits per heavy atom. The van der Waals surface area contributed by atoms with Gasteiger partial charge in [-0.05, 0) is 18.4 Å². The Morgan fingerprint density at radius 2 is 2.38 bits per heavy atom. The van der Waals surface area contributed by atoms with Crippen molar-refractivity contribution in [2.24, 2.45) is 0 Å². The molecule has 2 unspecified atom stereocenters. The topological polar surface area (TPSA) is 20.2 Å². The maximum atomic E-state index is 12.4. The molecule has 0 saturated heterocycles. The van der Waals surface area contributed by atoms with Gasteiger partial charge in [-0.2, -0.15) is 0 Å². The van der Waals surface area contributed by atoms with Gasteiger partial charge in [0.05, 0.1) is 6.10 Å². The number of rotatable bonds is 0. The van der Waals surface area contributed by atoms with Crippen LogP contribution in [0, 0.1) is 0 Å². The van der Waals surface area contributed by atoms with Gasteiger partial charge in [-0.25, -0.2) is 4.39 Å². The lowest BCUT2D eigenvalue weighted by molar-refractivity contribution is 0.115. The van der Waals surface area contributed by atoms with Crippen LogP contribution < -0.4 is 0 Å². The van der Waals surface area contributed by atoms with E-state index in [0.717, 1.165) is 0 Å². The van der Waals surface area contributed by atoms with E-state index in [4.69, 9.17) is 5.11 Å². The molecule has 0 aromatic carbocycles. The maximum absolute atomic E-state index is 12.4. The minimum atomic E-state index is -1.16. The Morgan fingerprint density at radius 1 is 1.75 bits per heavy atom. The largest absolute Gasteiger partial charge is 0.390 e. The summed E-state index contributed by atoms with van der Waals surface area (Å²) >= 11 is 0. The van der Waals surface area contributed by atoms with Crippen molar-refractivity contribution in [1.82, 2.24) is 0 Å². The number of aliphatic hydroxyl groups is 1.